The molecule has 0 amide bonds. The summed E-state index contributed by atoms with van der Waals surface area (Å²) in [5, 5.41) is 17.0. The van der Waals surface area contributed by atoms with Crippen LogP contribution in [0.25, 0.3) is 0 Å². The summed E-state index contributed by atoms with van der Waals surface area (Å²) in [4.78, 5) is 20.6. The number of rotatable bonds is 15. The summed E-state index contributed by atoms with van der Waals surface area (Å²) in [7, 11) is 0. The van der Waals surface area contributed by atoms with Gasteiger partial charge in [0.25, 0.3) is 0 Å². The van der Waals surface area contributed by atoms with Crippen molar-refractivity contribution < 1.29 is 19.8 Å². The van der Waals surface area contributed by atoms with Crippen molar-refractivity contribution in [2.45, 2.75) is 70.6 Å². The van der Waals surface area contributed by atoms with Gasteiger partial charge in [-0.2, -0.15) is 0 Å². The summed E-state index contributed by atoms with van der Waals surface area (Å²) in [6, 6.07) is 0. The molecule has 0 spiro atoms. The zero-order chi connectivity index (χ0) is 17.2. The molecule has 0 fully saturated rings. The Morgan fingerprint density at radius 2 is 0.957 bits per heavy atom. The van der Waals surface area contributed by atoms with Gasteiger partial charge in [0.1, 0.15) is 0 Å². The number of carboxylic acids is 2. The van der Waals surface area contributed by atoms with Gasteiger partial charge in [-0.1, -0.05) is 42.9 Å². The molecule has 0 radical (unpaired) electrons. The predicted octanol–water partition coefficient (Wildman–Crippen LogP) is 5.12. The van der Waals surface area contributed by atoms with E-state index in [0.29, 0.717) is 0 Å². The second-order valence-electron chi connectivity index (χ2n) is 5.52. The van der Waals surface area contributed by atoms with Crippen LogP contribution in [0.3, 0.4) is 0 Å². The molecule has 0 saturated carbocycles. The summed E-state index contributed by atoms with van der Waals surface area (Å²) in [5.41, 5.74) is 0. The van der Waals surface area contributed by atoms with Gasteiger partial charge in [0.05, 0.1) is 0 Å². The van der Waals surface area contributed by atoms with Gasteiger partial charge in [-0.3, -0.25) is 9.59 Å². The molecule has 0 aliphatic carbocycles. The first kappa shape index (κ1) is 21.2. The normalized spacial score (nSPS) is 11.8. The highest BCUT2D eigenvalue weighted by Crippen LogP contribution is 2.04. The van der Waals surface area contributed by atoms with E-state index in [-0.39, 0.29) is 12.8 Å². The zero-order valence-electron chi connectivity index (χ0n) is 14.0. The van der Waals surface area contributed by atoms with Gasteiger partial charge < -0.3 is 10.2 Å². The highest BCUT2D eigenvalue weighted by Gasteiger charge is 1.95. The van der Waals surface area contributed by atoms with Crippen LogP contribution in [0.4, 0.5) is 0 Å². The molecule has 0 aliphatic rings. The third-order valence-corrected chi connectivity index (χ3v) is 3.32. The maximum atomic E-state index is 10.3. The van der Waals surface area contributed by atoms with Gasteiger partial charge >= 0.3 is 11.9 Å². The van der Waals surface area contributed by atoms with E-state index in [4.69, 9.17) is 10.2 Å². The first-order valence-corrected chi connectivity index (χ1v) is 8.51. The Morgan fingerprint density at radius 3 is 1.43 bits per heavy atom. The van der Waals surface area contributed by atoms with Crippen LogP contribution in [0.2, 0.25) is 0 Å². The lowest BCUT2D eigenvalue weighted by Crippen LogP contribution is -1.93. The summed E-state index contributed by atoms with van der Waals surface area (Å²) in [6.45, 7) is 0. The molecular weight excluding hydrogens is 292 g/mol. The molecule has 0 aliphatic heterocycles. The van der Waals surface area contributed by atoms with Crippen molar-refractivity contribution in [1.29, 1.82) is 0 Å². The smallest absolute Gasteiger partial charge is 0.303 e. The molecule has 0 unspecified atom stereocenters. The molecule has 0 aromatic rings. The molecule has 0 aromatic heterocycles. The average molecular weight is 322 g/mol. The molecular formula is C19H30O4. The van der Waals surface area contributed by atoms with Gasteiger partial charge in [-0.25, -0.2) is 0 Å². The van der Waals surface area contributed by atoms with E-state index in [9.17, 15) is 9.59 Å². The topological polar surface area (TPSA) is 74.6 Å². The van der Waals surface area contributed by atoms with Crippen molar-refractivity contribution in [2.24, 2.45) is 0 Å². The van der Waals surface area contributed by atoms with E-state index in [1.165, 1.54) is 0 Å². The van der Waals surface area contributed by atoms with Gasteiger partial charge in [0.15, 0.2) is 0 Å². The third-order valence-electron chi connectivity index (χ3n) is 3.32. The Labute approximate surface area is 139 Å². The molecule has 0 bridgehead atoms. The molecule has 23 heavy (non-hydrogen) atoms. The lowest BCUT2D eigenvalue weighted by atomic mass is 10.1. The van der Waals surface area contributed by atoms with Crippen LogP contribution in [0.1, 0.15) is 70.6 Å². The van der Waals surface area contributed by atoms with Gasteiger partial charge in [0, 0.05) is 12.8 Å². The summed E-state index contributed by atoms with van der Waals surface area (Å²) < 4.78 is 0. The van der Waals surface area contributed by atoms with Crippen molar-refractivity contribution >= 4 is 11.9 Å². The van der Waals surface area contributed by atoms with Gasteiger partial charge in [-0.05, 0) is 51.4 Å². The largest absolute Gasteiger partial charge is 0.481 e. The van der Waals surface area contributed by atoms with Crippen molar-refractivity contribution in [3.05, 3.63) is 36.5 Å². The minimum absolute atomic E-state index is 0.264. The number of carbonyl (C=O) groups is 2. The quantitative estimate of drug-likeness (QED) is 0.324. The number of carboxylic acid groups (broad SMARTS) is 2. The number of allylic oxidation sites excluding steroid dienone is 6. The molecule has 4 heteroatoms. The van der Waals surface area contributed by atoms with Crippen LogP contribution in [0.15, 0.2) is 36.5 Å². The lowest BCUT2D eigenvalue weighted by molar-refractivity contribution is -0.138. The van der Waals surface area contributed by atoms with E-state index >= 15 is 0 Å². The molecule has 0 heterocycles. The second-order valence-corrected chi connectivity index (χ2v) is 5.52. The van der Waals surface area contributed by atoms with Crippen LogP contribution in [0.5, 0.6) is 0 Å². The fraction of sp³-hybridized carbons (Fsp3) is 0.579. The molecule has 0 saturated heterocycles. The van der Waals surface area contributed by atoms with Crippen LogP contribution in [-0.2, 0) is 9.59 Å². The number of hydrogen-bond acceptors (Lipinski definition) is 2. The summed E-state index contributed by atoms with van der Waals surface area (Å²) in [5.74, 6) is -1.43. The molecule has 0 rings (SSSR count). The Morgan fingerprint density at radius 1 is 0.565 bits per heavy atom. The number of unbranched alkanes of at least 4 members (excludes halogenated alkanes) is 5. The molecule has 4 nitrogen and oxygen atoms in total. The molecule has 0 atom stereocenters. The van der Waals surface area contributed by atoms with Crippen molar-refractivity contribution in [3.8, 4) is 0 Å². The highest BCUT2D eigenvalue weighted by molar-refractivity contribution is 5.66. The number of aliphatic carboxylic acids is 2. The zero-order valence-corrected chi connectivity index (χ0v) is 14.0. The first-order chi connectivity index (χ1) is 11.1. The standard InChI is InChI=1S/C19H30O4/c20-18(21)16-14-12-10-8-6-4-2-1-3-5-7-9-11-13-15-17-19(22)23/h1-2,5-8H,3-4,9-17H2,(H,20,21)(H,22,23)/b2-1-,7-5-,8-6-. The summed E-state index contributed by atoms with van der Waals surface area (Å²) >= 11 is 0. The van der Waals surface area contributed by atoms with Crippen molar-refractivity contribution in [1.82, 2.24) is 0 Å². The maximum Gasteiger partial charge on any atom is 0.303 e. The minimum Gasteiger partial charge on any atom is -0.481 e. The van der Waals surface area contributed by atoms with E-state index in [0.717, 1.165) is 57.8 Å². The summed E-state index contributed by atoms with van der Waals surface area (Å²) in [6.07, 6.45) is 21.6. The van der Waals surface area contributed by atoms with E-state index in [2.05, 4.69) is 36.5 Å². The fourth-order valence-corrected chi connectivity index (χ4v) is 2.03. The highest BCUT2D eigenvalue weighted by atomic mass is 16.4. The van der Waals surface area contributed by atoms with Gasteiger partial charge in [-0.15, -0.1) is 0 Å². The van der Waals surface area contributed by atoms with Crippen molar-refractivity contribution in [3.63, 3.8) is 0 Å². The SMILES string of the molecule is O=C(O)CCCC/C=C\C/C=C\C/C=C\CCCCCC(=O)O. The third kappa shape index (κ3) is 20.2. The molecule has 2 N–H and O–H groups in total. The number of hydrogen-bond donors (Lipinski definition) is 2. The Hall–Kier alpha value is -1.84. The van der Waals surface area contributed by atoms with Gasteiger partial charge in [0.2, 0.25) is 0 Å². The van der Waals surface area contributed by atoms with Crippen LogP contribution < -0.4 is 0 Å². The first-order valence-electron chi connectivity index (χ1n) is 8.51. The Balaban J connectivity index is 3.34. The monoisotopic (exact) mass is 322 g/mol. The van der Waals surface area contributed by atoms with Crippen LogP contribution in [0, 0.1) is 0 Å². The van der Waals surface area contributed by atoms with E-state index in [1.807, 2.05) is 0 Å². The van der Waals surface area contributed by atoms with Crippen molar-refractivity contribution in [2.75, 3.05) is 0 Å². The Kier molecular flexibility index (Phi) is 15.2. The average Bonchev–Trinajstić information content (AvgIpc) is 2.49. The fourth-order valence-electron chi connectivity index (χ4n) is 2.03. The maximum absolute atomic E-state index is 10.3. The van der Waals surface area contributed by atoms with E-state index < -0.39 is 11.9 Å². The lowest BCUT2D eigenvalue weighted by Gasteiger charge is -1.94. The molecule has 0 aromatic carbocycles. The molecule has 130 valence electrons. The minimum atomic E-state index is -0.717. The van der Waals surface area contributed by atoms with Crippen LogP contribution >= 0.6 is 0 Å². The predicted molar refractivity (Wildman–Crippen MR) is 93.5 cm³/mol. The Bertz CT molecular complexity index is 394. The second kappa shape index (κ2) is 16.5. The van der Waals surface area contributed by atoms with E-state index in [1.54, 1.807) is 0 Å². The van der Waals surface area contributed by atoms with Crippen LogP contribution in [-0.4, -0.2) is 22.2 Å².